The van der Waals surface area contributed by atoms with Crippen molar-refractivity contribution in [3.63, 3.8) is 0 Å². The zero-order valence-electron chi connectivity index (χ0n) is 12.5. The van der Waals surface area contributed by atoms with E-state index in [4.69, 9.17) is 5.26 Å². The number of nitrogens with one attached hydrogen (secondary N) is 1. The van der Waals surface area contributed by atoms with Crippen LogP contribution in [-0.4, -0.2) is 49.8 Å². The van der Waals surface area contributed by atoms with Gasteiger partial charge in [0.2, 0.25) is 0 Å². The minimum atomic E-state index is -0.0926. The largest absolute Gasteiger partial charge is 0.337 e. The average molecular weight is 349 g/mol. The van der Waals surface area contributed by atoms with Crippen LogP contribution in [0.25, 0.3) is 0 Å². The molecule has 0 radical (unpaired) electrons. The molecule has 0 bridgehead atoms. The SMILES string of the molecule is Cc1nnc(SCCNC(=O)N2CCn3nc(C#N)cc3C2)s1. The Morgan fingerprint density at radius 1 is 1.52 bits per heavy atom. The monoisotopic (exact) mass is 349 g/mol. The second-order valence-corrected chi connectivity index (χ2v) is 7.47. The van der Waals surface area contributed by atoms with Gasteiger partial charge in [0, 0.05) is 18.8 Å². The summed E-state index contributed by atoms with van der Waals surface area (Å²) >= 11 is 3.14. The van der Waals surface area contributed by atoms with Gasteiger partial charge in [-0.3, -0.25) is 4.68 Å². The molecule has 3 heterocycles. The fourth-order valence-corrected chi connectivity index (χ4v) is 3.98. The number of fused-ring (bicyclic) bond motifs is 1. The maximum Gasteiger partial charge on any atom is 0.317 e. The average Bonchev–Trinajstić information content (AvgIpc) is 3.16. The molecule has 23 heavy (non-hydrogen) atoms. The van der Waals surface area contributed by atoms with Crippen LogP contribution in [0.5, 0.6) is 0 Å². The quantitative estimate of drug-likeness (QED) is 0.658. The Hall–Kier alpha value is -2.12. The molecule has 1 N–H and O–H groups in total. The molecule has 0 aromatic carbocycles. The molecule has 8 nitrogen and oxygen atoms in total. The number of carbonyl (C=O) groups is 1. The Labute approximate surface area is 141 Å². The van der Waals surface area contributed by atoms with Gasteiger partial charge in [0.15, 0.2) is 10.0 Å². The summed E-state index contributed by atoms with van der Waals surface area (Å²) in [5, 5.41) is 24.9. The van der Waals surface area contributed by atoms with E-state index in [2.05, 4.69) is 20.6 Å². The number of hydrogen-bond acceptors (Lipinski definition) is 7. The van der Waals surface area contributed by atoms with Crippen molar-refractivity contribution in [2.45, 2.75) is 24.4 Å². The first-order chi connectivity index (χ1) is 11.2. The molecule has 120 valence electrons. The zero-order valence-corrected chi connectivity index (χ0v) is 14.2. The van der Waals surface area contributed by atoms with E-state index in [-0.39, 0.29) is 6.03 Å². The molecule has 0 saturated carbocycles. The summed E-state index contributed by atoms with van der Waals surface area (Å²) in [7, 11) is 0. The number of nitriles is 1. The second-order valence-electron chi connectivity index (χ2n) is 4.94. The van der Waals surface area contributed by atoms with Gasteiger partial charge in [0.25, 0.3) is 0 Å². The van der Waals surface area contributed by atoms with Gasteiger partial charge in [0.1, 0.15) is 11.1 Å². The van der Waals surface area contributed by atoms with Crippen molar-refractivity contribution in [1.82, 2.24) is 30.2 Å². The number of nitrogens with zero attached hydrogens (tertiary/aromatic N) is 6. The maximum absolute atomic E-state index is 12.2. The first-order valence-corrected chi connectivity index (χ1v) is 8.88. The Balaban J connectivity index is 1.45. The topological polar surface area (TPSA) is 99.7 Å². The predicted octanol–water partition coefficient (Wildman–Crippen LogP) is 1.23. The zero-order chi connectivity index (χ0) is 16.2. The molecule has 0 spiro atoms. The Morgan fingerprint density at radius 3 is 3.13 bits per heavy atom. The Morgan fingerprint density at radius 2 is 2.39 bits per heavy atom. The number of amides is 2. The van der Waals surface area contributed by atoms with Crippen LogP contribution in [0, 0.1) is 18.3 Å². The lowest BCUT2D eigenvalue weighted by molar-refractivity contribution is 0.182. The summed E-state index contributed by atoms with van der Waals surface area (Å²) in [6.07, 6.45) is 0. The predicted molar refractivity (Wildman–Crippen MR) is 86.1 cm³/mol. The lowest BCUT2D eigenvalue weighted by atomic mass is 10.3. The van der Waals surface area contributed by atoms with Crippen molar-refractivity contribution in [2.24, 2.45) is 0 Å². The Bertz CT molecular complexity index is 748. The number of carbonyl (C=O) groups excluding carboxylic acids is 1. The molecule has 0 fully saturated rings. The molecular formula is C13H15N7OS2. The summed E-state index contributed by atoms with van der Waals surface area (Å²) in [4.78, 5) is 13.9. The molecule has 1 aliphatic heterocycles. The third kappa shape index (κ3) is 3.80. The third-order valence-corrected chi connectivity index (χ3v) is 5.28. The van der Waals surface area contributed by atoms with Gasteiger partial charge in [-0.2, -0.15) is 10.4 Å². The van der Waals surface area contributed by atoms with Crippen molar-refractivity contribution in [3.8, 4) is 6.07 Å². The van der Waals surface area contributed by atoms with Gasteiger partial charge in [0.05, 0.1) is 18.8 Å². The number of thioether (sulfide) groups is 1. The summed E-state index contributed by atoms with van der Waals surface area (Å²) in [5.74, 6) is 0.755. The van der Waals surface area contributed by atoms with Gasteiger partial charge in [-0.1, -0.05) is 23.1 Å². The summed E-state index contributed by atoms with van der Waals surface area (Å²) in [6.45, 7) is 4.17. The number of rotatable bonds is 4. The van der Waals surface area contributed by atoms with Crippen LogP contribution >= 0.6 is 23.1 Å². The van der Waals surface area contributed by atoms with E-state index in [1.807, 2.05) is 13.0 Å². The minimum absolute atomic E-state index is 0.0926. The van der Waals surface area contributed by atoms with E-state index in [9.17, 15) is 4.79 Å². The number of urea groups is 1. The fraction of sp³-hybridized carbons (Fsp3) is 0.462. The molecule has 3 rings (SSSR count). The van der Waals surface area contributed by atoms with E-state index in [0.29, 0.717) is 31.9 Å². The third-order valence-electron chi connectivity index (χ3n) is 3.31. The maximum atomic E-state index is 12.2. The van der Waals surface area contributed by atoms with Crippen molar-refractivity contribution >= 4 is 29.1 Å². The number of aromatic nitrogens is 4. The molecule has 10 heteroatoms. The van der Waals surface area contributed by atoms with Crippen molar-refractivity contribution in [3.05, 3.63) is 22.5 Å². The van der Waals surface area contributed by atoms with Gasteiger partial charge < -0.3 is 10.2 Å². The summed E-state index contributed by atoms with van der Waals surface area (Å²) in [6, 6.07) is 3.66. The first-order valence-electron chi connectivity index (χ1n) is 7.08. The van der Waals surface area contributed by atoms with Crippen LogP contribution in [0.2, 0.25) is 0 Å². The number of aryl methyl sites for hydroxylation is 1. The minimum Gasteiger partial charge on any atom is -0.337 e. The van der Waals surface area contributed by atoms with Crippen LogP contribution in [-0.2, 0) is 13.1 Å². The molecular weight excluding hydrogens is 334 g/mol. The standard InChI is InChI=1S/C13H15N7OS2/c1-9-16-17-13(23-9)22-5-2-15-12(21)19-3-4-20-11(8-19)6-10(7-14)18-20/h6H,2-5,8H2,1H3,(H,15,21). The molecule has 0 unspecified atom stereocenters. The molecule has 2 amide bonds. The summed E-state index contributed by atoms with van der Waals surface area (Å²) < 4.78 is 2.71. The van der Waals surface area contributed by atoms with Crippen LogP contribution < -0.4 is 5.32 Å². The van der Waals surface area contributed by atoms with Crippen LogP contribution in [0.15, 0.2) is 10.4 Å². The number of hydrogen-bond donors (Lipinski definition) is 1. The van der Waals surface area contributed by atoms with Gasteiger partial charge in [-0.05, 0) is 13.0 Å². The van der Waals surface area contributed by atoms with E-state index in [0.717, 1.165) is 20.8 Å². The van der Waals surface area contributed by atoms with Crippen molar-refractivity contribution < 1.29 is 4.79 Å². The highest BCUT2D eigenvalue weighted by molar-refractivity contribution is 8.01. The van der Waals surface area contributed by atoms with Crippen LogP contribution in [0.4, 0.5) is 4.79 Å². The highest BCUT2D eigenvalue weighted by Gasteiger charge is 2.22. The second kappa shape index (κ2) is 6.97. The Kier molecular flexibility index (Phi) is 4.78. The molecule has 0 atom stereocenters. The smallest absolute Gasteiger partial charge is 0.317 e. The lowest BCUT2D eigenvalue weighted by Crippen LogP contribution is -2.44. The normalized spacial score (nSPS) is 13.5. The molecule has 2 aromatic heterocycles. The lowest BCUT2D eigenvalue weighted by Gasteiger charge is -2.27. The highest BCUT2D eigenvalue weighted by Crippen LogP contribution is 2.21. The first kappa shape index (κ1) is 15.8. The van der Waals surface area contributed by atoms with Gasteiger partial charge in [-0.25, -0.2) is 4.79 Å². The fourth-order valence-electron chi connectivity index (χ4n) is 2.24. The summed E-state index contributed by atoms with van der Waals surface area (Å²) in [5.41, 5.74) is 1.28. The van der Waals surface area contributed by atoms with Crippen molar-refractivity contribution in [2.75, 3.05) is 18.8 Å². The molecule has 1 aliphatic rings. The van der Waals surface area contributed by atoms with Crippen LogP contribution in [0.3, 0.4) is 0 Å². The van der Waals surface area contributed by atoms with Crippen molar-refractivity contribution in [1.29, 1.82) is 5.26 Å². The van der Waals surface area contributed by atoms with Gasteiger partial charge in [-0.15, -0.1) is 10.2 Å². The van der Waals surface area contributed by atoms with Gasteiger partial charge >= 0.3 is 6.03 Å². The van der Waals surface area contributed by atoms with E-state index >= 15 is 0 Å². The molecule has 0 saturated heterocycles. The van der Waals surface area contributed by atoms with E-state index in [1.165, 1.54) is 0 Å². The van der Waals surface area contributed by atoms with E-state index in [1.54, 1.807) is 38.7 Å². The molecule has 2 aromatic rings. The van der Waals surface area contributed by atoms with Crippen LogP contribution in [0.1, 0.15) is 16.4 Å². The highest BCUT2D eigenvalue weighted by atomic mass is 32.2. The van der Waals surface area contributed by atoms with E-state index < -0.39 is 0 Å². The molecule has 0 aliphatic carbocycles.